The first-order valence-corrected chi connectivity index (χ1v) is 6.89. The maximum Gasteiger partial charge on any atom is 0.106 e. The molecule has 0 saturated carbocycles. The monoisotopic (exact) mass is 303 g/mol. The number of fused-ring (bicyclic) bond motifs is 1. The predicted molar refractivity (Wildman–Crippen MR) is 82.3 cm³/mol. The van der Waals surface area contributed by atoms with Gasteiger partial charge in [0.2, 0.25) is 0 Å². The highest BCUT2D eigenvalue weighted by Gasteiger charge is 2.15. The zero-order chi connectivity index (χ0) is 14.1. The van der Waals surface area contributed by atoms with Crippen molar-refractivity contribution in [3.05, 3.63) is 75.9 Å². The van der Waals surface area contributed by atoms with Crippen LogP contribution in [0.3, 0.4) is 0 Å². The Morgan fingerprint density at radius 3 is 2.55 bits per heavy atom. The molecule has 1 heterocycles. The summed E-state index contributed by atoms with van der Waals surface area (Å²) < 4.78 is 0. The van der Waals surface area contributed by atoms with Crippen molar-refractivity contribution in [2.75, 3.05) is 0 Å². The van der Waals surface area contributed by atoms with Gasteiger partial charge in [0.25, 0.3) is 0 Å². The Hall–Kier alpha value is -1.61. The quantitative estimate of drug-likeness (QED) is 0.749. The summed E-state index contributed by atoms with van der Waals surface area (Å²) in [5, 5.41) is 12.5. The maximum atomic E-state index is 10.6. The topological polar surface area (TPSA) is 33.1 Å². The third kappa shape index (κ3) is 2.38. The van der Waals surface area contributed by atoms with E-state index in [-0.39, 0.29) is 0 Å². The van der Waals surface area contributed by atoms with Crippen LogP contribution in [0.15, 0.2) is 54.7 Å². The Balaban J connectivity index is 2.12. The van der Waals surface area contributed by atoms with Crippen molar-refractivity contribution >= 4 is 34.1 Å². The van der Waals surface area contributed by atoms with Crippen LogP contribution in [0, 0.1) is 0 Å². The van der Waals surface area contributed by atoms with E-state index in [0.717, 1.165) is 16.5 Å². The van der Waals surface area contributed by atoms with Gasteiger partial charge in [-0.05, 0) is 23.8 Å². The van der Waals surface area contributed by atoms with Crippen LogP contribution in [0.4, 0.5) is 0 Å². The van der Waals surface area contributed by atoms with Crippen LogP contribution in [0.25, 0.3) is 10.9 Å². The Labute approximate surface area is 126 Å². The Kier molecular flexibility index (Phi) is 3.62. The molecule has 1 atom stereocenters. The van der Waals surface area contributed by atoms with Crippen LogP contribution < -0.4 is 0 Å². The number of aliphatic hydroxyl groups excluding tert-OH is 1. The van der Waals surface area contributed by atoms with E-state index in [9.17, 15) is 5.11 Å². The van der Waals surface area contributed by atoms with Crippen LogP contribution >= 0.6 is 23.2 Å². The van der Waals surface area contributed by atoms with E-state index in [1.54, 1.807) is 24.4 Å². The van der Waals surface area contributed by atoms with Gasteiger partial charge < -0.3 is 5.11 Å². The van der Waals surface area contributed by atoms with E-state index in [1.165, 1.54) is 0 Å². The number of benzene rings is 2. The lowest BCUT2D eigenvalue weighted by Crippen LogP contribution is -2.01. The van der Waals surface area contributed by atoms with Crippen molar-refractivity contribution in [1.82, 2.24) is 4.98 Å². The maximum absolute atomic E-state index is 10.6. The number of para-hydroxylation sites is 1. The minimum Gasteiger partial charge on any atom is -0.384 e. The second-order valence-electron chi connectivity index (χ2n) is 4.50. The molecule has 0 aliphatic heterocycles. The second kappa shape index (κ2) is 5.41. The molecule has 3 rings (SSSR count). The number of nitrogens with zero attached hydrogens (tertiary/aromatic N) is 1. The fraction of sp³-hybridized carbons (Fsp3) is 0.0625. The van der Waals surface area contributed by atoms with Crippen molar-refractivity contribution in [3.8, 4) is 0 Å². The first-order valence-electron chi connectivity index (χ1n) is 6.13. The van der Waals surface area contributed by atoms with Gasteiger partial charge in [0.05, 0.1) is 15.6 Å². The zero-order valence-electron chi connectivity index (χ0n) is 10.4. The summed E-state index contributed by atoms with van der Waals surface area (Å²) in [5.74, 6) is 0. The molecule has 0 amide bonds. The van der Waals surface area contributed by atoms with Crippen molar-refractivity contribution in [3.63, 3.8) is 0 Å². The van der Waals surface area contributed by atoms with Gasteiger partial charge in [-0.1, -0.05) is 53.5 Å². The van der Waals surface area contributed by atoms with Gasteiger partial charge in [0, 0.05) is 17.1 Å². The molecule has 2 aromatic carbocycles. The van der Waals surface area contributed by atoms with E-state index in [2.05, 4.69) is 4.98 Å². The third-order valence-electron chi connectivity index (χ3n) is 3.22. The number of aromatic nitrogens is 1. The van der Waals surface area contributed by atoms with E-state index in [0.29, 0.717) is 15.6 Å². The van der Waals surface area contributed by atoms with Crippen LogP contribution in [-0.2, 0) is 0 Å². The summed E-state index contributed by atoms with van der Waals surface area (Å²) in [5.41, 5.74) is 2.23. The molecule has 0 aliphatic rings. The van der Waals surface area contributed by atoms with Crippen LogP contribution in [-0.4, -0.2) is 10.1 Å². The first-order chi connectivity index (χ1) is 9.66. The summed E-state index contributed by atoms with van der Waals surface area (Å²) in [4.78, 5) is 4.35. The largest absolute Gasteiger partial charge is 0.384 e. The first kappa shape index (κ1) is 13.4. The molecule has 2 nitrogen and oxygen atoms in total. The average Bonchev–Trinajstić information content (AvgIpc) is 2.49. The third-order valence-corrected chi connectivity index (χ3v) is 3.96. The minimum absolute atomic E-state index is 0.427. The molecule has 0 fully saturated rings. The highest BCUT2D eigenvalue weighted by atomic mass is 35.5. The fourth-order valence-electron chi connectivity index (χ4n) is 2.21. The normalized spacial score (nSPS) is 12.6. The molecule has 4 heteroatoms. The summed E-state index contributed by atoms with van der Waals surface area (Å²) in [6, 6.07) is 14.7. The molecule has 1 unspecified atom stereocenters. The molecule has 3 aromatic rings. The number of hydrogen-bond acceptors (Lipinski definition) is 2. The predicted octanol–water partition coefficient (Wildman–Crippen LogP) is 4.62. The molecule has 100 valence electrons. The molecule has 0 aliphatic carbocycles. The standard InChI is InChI=1S/C16H11Cl2NO/c17-13-7-6-11(9-14(13)18)16(20)12-5-1-3-10-4-2-8-19-15(10)12/h1-9,16,20H. The molecule has 0 saturated heterocycles. The highest BCUT2D eigenvalue weighted by Crippen LogP contribution is 2.31. The zero-order valence-corrected chi connectivity index (χ0v) is 11.9. The molecule has 1 aromatic heterocycles. The van der Waals surface area contributed by atoms with E-state index in [4.69, 9.17) is 23.2 Å². The van der Waals surface area contributed by atoms with Crippen molar-refractivity contribution < 1.29 is 5.11 Å². The Morgan fingerprint density at radius 2 is 1.75 bits per heavy atom. The molecular weight excluding hydrogens is 293 g/mol. The van der Waals surface area contributed by atoms with Gasteiger partial charge in [-0.3, -0.25) is 4.98 Å². The van der Waals surface area contributed by atoms with Crippen molar-refractivity contribution in [2.45, 2.75) is 6.10 Å². The van der Waals surface area contributed by atoms with E-state index < -0.39 is 6.10 Å². The molecule has 0 bridgehead atoms. The lowest BCUT2D eigenvalue weighted by atomic mass is 9.99. The molecule has 0 spiro atoms. The van der Waals surface area contributed by atoms with E-state index >= 15 is 0 Å². The molecular formula is C16H11Cl2NO. The second-order valence-corrected chi connectivity index (χ2v) is 5.31. The number of hydrogen-bond donors (Lipinski definition) is 1. The SMILES string of the molecule is OC(c1ccc(Cl)c(Cl)c1)c1cccc2cccnc12. The van der Waals surface area contributed by atoms with Gasteiger partial charge in [-0.15, -0.1) is 0 Å². The highest BCUT2D eigenvalue weighted by molar-refractivity contribution is 6.42. The molecule has 20 heavy (non-hydrogen) atoms. The minimum atomic E-state index is -0.789. The molecule has 1 N–H and O–H groups in total. The van der Waals surface area contributed by atoms with Crippen LogP contribution in [0.2, 0.25) is 10.0 Å². The summed E-state index contributed by atoms with van der Waals surface area (Å²) >= 11 is 11.9. The smallest absolute Gasteiger partial charge is 0.106 e. The van der Waals surface area contributed by atoms with Gasteiger partial charge in [-0.2, -0.15) is 0 Å². The number of pyridine rings is 1. The lowest BCUT2D eigenvalue weighted by Gasteiger charge is -2.14. The van der Waals surface area contributed by atoms with E-state index in [1.807, 2.05) is 30.3 Å². The van der Waals surface area contributed by atoms with Crippen LogP contribution in [0.1, 0.15) is 17.2 Å². The number of aliphatic hydroxyl groups is 1. The number of rotatable bonds is 2. The van der Waals surface area contributed by atoms with Gasteiger partial charge >= 0.3 is 0 Å². The fourth-order valence-corrected chi connectivity index (χ4v) is 2.52. The summed E-state index contributed by atoms with van der Waals surface area (Å²) in [6.07, 6.45) is 0.927. The van der Waals surface area contributed by atoms with Gasteiger partial charge in [0.1, 0.15) is 6.10 Å². The summed E-state index contributed by atoms with van der Waals surface area (Å²) in [6.45, 7) is 0. The van der Waals surface area contributed by atoms with Crippen molar-refractivity contribution in [1.29, 1.82) is 0 Å². The average molecular weight is 304 g/mol. The van der Waals surface area contributed by atoms with Crippen LogP contribution in [0.5, 0.6) is 0 Å². The summed E-state index contributed by atoms with van der Waals surface area (Å²) in [7, 11) is 0. The lowest BCUT2D eigenvalue weighted by molar-refractivity contribution is 0.221. The van der Waals surface area contributed by atoms with Gasteiger partial charge in [0.15, 0.2) is 0 Å². The van der Waals surface area contributed by atoms with Crippen molar-refractivity contribution in [2.24, 2.45) is 0 Å². The van der Waals surface area contributed by atoms with Gasteiger partial charge in [-0.25, -0.2) is 0 Å². The number of halogens is 2. The molecule has 0 radical (unpaired) electrons. The Bertz CT molecular complexity index is 768. The Morgan fingerprint density at radius 1 is 0.950 bits per heavy atom.